The number of alkyl halides is 3. The third kappa shape index (κ3) is 4.75. The highest BCUT2D eigenvalue weighted by atomic mass is 19.4. The summed E-state index contributed by atoms with van der Waals surface area (Å²) < 4.78 is 37.1. The van der Waals surface area contributed by atoms with Gasteiger partial charge in [0.1, 0.15) is 0 Å². The van der Waals surface area contributed by atoms with Crippen molar-refractivity contribution in [1.82, 2.24) is 0 Å². The van der Waals surface area contributed by atoms with Gasteiger partial charge in [0.25, 0.3) is 0 Å². The molecule has 0 aromatic heterocycles. The molecule has 1 fully saturated rings. The van der Waals surface area contributed by atoms with Crippen LogP contribution in [-0.4, -0.2) is 6.18 Å². The molecular formula is C13H25F3. The van der Waals surface area contributed by atoms with Crippen LogP contribution in [0.15, 0.2) is 0 Å². The van der Waals surface area contributed by atoms with E-state index in [0.717, 1.165) is 12.8 Å². The normalized spacial score (nSPS) is 27.0. The Bertz CT molecular complexity index is 158. The molecule has 98 valence electrons. The van der Waals surface area contributed by atoms with Crippen molar-refractivity contribution in [2.45, 2.75) is 66.5 Å². The van der Waals surface area contributed by atoms with Gasteiger partial charge in [-0.2, -0.15) is 13.2 Å². The predicted molar refractivity (Wildman–Crippen MR) is 62.3 cm³/mol. The highest BCUT2D eigenvalue weighted by Crippen LogP contribution is 2.44. The van der Waals surface area contributed by atoms with Gasteiger partial charge < -0.3 is 0 Å². The van der Waals surface area contributed by atoms with E-state index >= 15 is 0 Å². The third-order valence-corrected chi connectivity index (χ3v) is 3.41. The minimum Gasteiger partial charge on any atom is -0.171 e. The lowest BCUT2D eigenvalue weighted by molar-refractivity contribution is -0.185. The summed E-state index contributed by atoms with van der Waals surface area (Å²) in [7, 11) is 0. The highest BCUT2D eigenvalue weighted by Gasteiger charge is 2.42. The summed E-state index contributed by atoms with van der Waals surface area (Å²) in [6, 6.07) is 0. The number of halogens is 3. The summed E-state index contributed by atoms with van der Waals surface area (Å²) in [6.45, 7) is 10.3. The van der Waals surface area contributed by atoms with Gasteiger partial charge in [-0.05, 0) is 37.0 Å². The molecule has 0 aromatic carbocycles. The Labute approximate surface area is 97.6 Å². The van der Waals surface area contributed by atoms with Crippen molar-refractivity contribution in [3.8, 4) is 0 Å². The minimum absolute atomic E-state index is 0.163. The quantitative estimate of drug-likeness (QED) is 0.528. The molecular weight excluding hydrogens is 213 g/mol. The molecule has 0 saturated heterocycles. The van der Waals surface area contributed by atoms with Crippen LogP contribution in [0.5, 0.6) is 0 Å². The SMILES string of the molecule is CC.CC(C)(C)C1CCC(C(F)(F)F)CC1. The van der Waals surface area contributed by atoms with Crippen LogP contribution in [0.25, 0.3) is 0 Å². The standard InChI is InChI=1S/C11H19F3.C2H6/c1-10(2,3)8-4-6-9(7-5-8)11(12,13)14;1-2/h8-9H,4-7H2,1-3H3;1-2H3. The van der Waals surface area contributed by atoms with Gasteiger partial charge in [0, 0.05) is 0 Å². The van der Waals surface area contributed by atoms with Crippen molar-refractivity contribution < 1.29 is 13.2 Å². The van der Waals surface area contributed by atoms with Crippen LogP contribution in [0.1, 0.15) is 60.3 Å². The largest absolute Gasteiger partial charge is 0.391 e. The van der Waals surface area contributed by atoms with Gasteiger partial charge in [0.2, 0.25) is 0 Å². The van der Waals surface area contributed by atoms with Crippen molar-refractivity contribution in [2.24, 2.45) is 17.3 Å². The fourth-order valence-corrected chi connectivity index (χ4v) is 2.29. The van der Waals surface area contributed by atoms with Crippen molar-refractivity contribution in [1.29, 1.82) is 0 Å². The molecule has 0 atom stereocenters. The van der Waals surface area contributed by atoms with Crippen LogP contribution in [-0.2, 0) is 0 Å². The second-order valence-corrected chi connectivity index (χ2v) is 5.46. The van der Waals surface area contributed by atoms with Crippen LogP contribution < -0.4 is 0 Å². The van der Waals surface area contributed by atoms with Gasteiger partial charge in [-0.1, -0.05) is 34.6 Å². The predicted octanol–water partition coefficient (Wildman–Crippen LogP) is 5.43. The van der Waals surface area contributed by atoms with Crippen molar-refractivity contribution >= 4 is 0 Å². The zero-order valence-corrected chi connectivity index (χ0v) is 11.1. The lowest BCUT2D eigenvalue weighted by Gasteiger charge is -2.37. The van der Waals surface area contributed by atoms with Crippen molar-refractivity contribution in [3.63, 3.8) is 0 Å². The summed E-state index contributed by atoms with van der Waals surface area (Å²) >= 11 is 0. The first-order chi connectivity index (χ1) is 7.21. The fraction of sp³-hybridized carbons (Fsp3) is 1.00. The van der Waals surface area contributed by atoms with Gasteiger partial charge in [-0.3, -0.25) is 0 Å². The van der Waals surface area contributed by atoms with Gasteiger partial charge >= 0.3 is 6.18 Å². The van der Waals surface area contributed by atoms with E-state index in [1.54, 1.807) is 0 Å². The van der Waals surface area contributed by atoms with E-state index in [0.29, 0.717) is 18.8 Å². The van der Waals surface area contributed by atoms with Crippen LogP contribution in [0.2, 0.25) is 0 Å². The Morgan fingerprint density at radius 1 is 0.750 bits per heavy atom. The molecule has 0 N–H and O–H groups in total. The molecule has 0 unspecified atom stereocenters. The molecule has 0 spiro atoms. The molecule has 16 heavy (non-hydrogen) atoms. The monoisotopic (exact) mass is 238 g/mol. The average molecular weight is 238 g/mol. The van der Waals surface area contributed by atoms with E-state index in [2.05, 4.69) is 20.8 Å². The Balaban J connectivity index is 0.00000106. The molecule has 0 nitrogen and oxygen atoms in total. The van der Waals surface area contributed by atoms with Crippen LogP contribution in [0.4, 0.5) is 13.2 Å². The lowest BCUT2D eigenvalue weighted by atomic mass is 9.70. The number of hydrogen-bond acceptors (Lipinski definition) is 0. The van der Waals surface area contributed by atoms with Crippen molar-refractivity contribution in [2.75, 3.05) is 0 Å². The molecule has 0 aliphatic heterocycles. The van der Waals surface area contributed by atoms with Gasteiger partial charge in [-0.25, -0.2) is 0 Å². The molecule has 1 aliphatic carbocycles. The molecule has 1 rings (SSSR count). The number of rotatable bonds is 0. The first kappa shape index (κ1) is 15.8. The van der Waals surface area contributed by atoms with Gasteiger partial charge in [0.15, 0.2) is 0 Å². The van der Waals surface area contributed by atoms with Crippen LogP contribution in [0, 0.1) is 17.3 Å². The fourth-order valence-electron chi connectivity index (χ4n) is 2.29. The first-order valence-corrected chi connectivity index (χ1v) is 6.28. The smallest absolute Gasteiger partial charge is 0.171 e. The molecule has 0 heterocycles. The molecule has 0 bridgehead atoms. The summed E-state index contributed by atoms with van der Waals surface area (Å²) in [4.78, 5) is 0. The highest BCUT2D eigenvalue weighted by molar-refractivity contribution is 4.82. The topological polar surface area (TPSA) is 0 Å². The number of hydrogen-bond donors (Lipinski definition) is 0. The Morgan fingerprint density at radius 3 is 1.31 bits per heavy atom. The second-order valence-electron chi connectivity index (χ2n) is 5.46. The maximum absolute atomic E-state index is 12.4. The van der Waals surface area contributed by atoms with Crippen LogP contribution >= 0.6 is 0 Å². The van der Waals surface area contributed by atoms with Crippen LogP contribution in [0.3, 0.4) is 0 Å². The molecule has 0 radical (unpaired) electrons. The maximum Gasteiger partial charge on any atom is 0.391 e. The molecule has 1 aliphatic rings. The van der Waals surface area contributed by atoms with Gasteiger partial charge in [-0.15, -0.1) is 0 Å². The maximum atomic E-state index is 12.4. The summed E-state index contributed by atoms with van der Waals surface area (Å²) in [5.74, 6) is -0.581. The Kier molecular flexibility index (Phi) is 5.85. The van der Waals surface area contributed by atoms with Crippen molar-refractivity contribution in [3.05, 3.63) is 0 Å². The van der Waals surface area contributed by atoms with E-state index in [9.17, 15) is 13.2 Å². The zero-order valence-electron chi connectivity index (χ0n) is 11.1. The average Bonchev–Trinajstić information content (AvgIpc) is 2.18. The summed E-state index contributed by atoms with van der Waals surface area (Å²) in [6.07, 6.45) is -1.86. The molecule has 1 saturated carbocycles. The summed E-state index contributed by atoms with van der Waals surface area (Å²) in [5.41, 5.74) is 0.163. The minimum atomic E-state index is -3.97. The Hall–Kier alpha value is -0.210. The molecule has 0 amide bonds. The van der Waals surface area contributed by atoms with E-state index in [1.165, 1.54) is 0 Å². The molecule has 3 heteroatoms. The lowest BCUT2D eigenvalue weighted by Crippen LogP contribution is -2.32. The first-order valence-electron chi connectivity index (χ1n) is 6.28. The zero-order chi connectivity index (χ0) is 13.0. The van der Waals surface area contributed by atoms with Gasteiger partial charge in [0.05, 0.1) is 5.92 Å². The van der Waals surface area contributed by atoms with E-state index in [1.807, 2.05) is 13.8 Å². The van der Waals surface area contributed by atoms with E-state index in [-0.39, 0.29) is 5.41 Å². The summed E-state index contributed by atoms with van der Waals surface area (Å²) in [5, 5.41) is 0. The second kappa shape index (κ2) is 5.92. The third-order valence-electron chi connectivity index (χ3n) is 3.41. The molecule has 0 aromatic rings. The Morgan fingerprint density at radius 2 is 1.06 bits per heavy atom. The van der Waals surface area contributed by atoms with E-state index < -0.39 is 12.1 Å². The van der Waals surface area contributed by atoms with E-state index in [4.69, 9.17) is 0 Å².